The van der Waals surface area contributed by atoms with Gasteiger partial charge in [0.1, 0.15) is 53.7 Å². The fraction of sp³-hybridized carbons (Fsp3) is 0.421. The smallest absolute Gasteiger partial charge is 0.229 e. The lowest BCUT2D eigenvalue weighted by molar-refractivity contribution is 0.0341. The molecule has 0 spiro atoms. The van der Waals surface area contributed by atoms with Gasteiger partial charge in [0.05, 0.1) is 100 Å². The van der Waals surface area contributed by atoms with Gasteiger partial charge in [-0.05, 0) is 282 Å². The van der Waals surface area contributed by atoms with E-state index in [1.165, 1.54) is 122 Å². The molecule has 0 atom stereocenters. The van der Waals surface area contributed by atoms with E-state index in [1.54, 1.807) is 72.4 Å². The Kier molecular flexibility index (Phi) is 38.9. The molecule has 766 valence electrons. The van der Waals surface area contributed by atoms with Crippen LogP contribution in [0.4, 0.5) is 75.1 Å². The molecule has 3 aromatic heterocycles. The SMILES string of the molecule is CCc1cc(C2CCC(C3CCC(C)CC3)CC2)ccc1Cc1ccc(C)c(Cc2ccccc2C(C)(CC)CC)c1.COc1cc(CN2CCN(C)CC2)ccc1Nc1ncc(Cl)c(Nc2ccccc2P(C)(C)=O)n1.COc1cc(CN2CCOCC2)ccc1Nc1ncc(Cl)c(Nc2ccccc2P(C)(C)=O)n1.COc1cc(N2CCOCC2)ccc1Nc1ncc(Cl)c(Nc2ccccc2P(C)(C)=O)n1. The number of rotatable bonds is 33. The highest BCUT2D eigenvalue weighted by Gasteiger charge is 2.33. The number of nitrogens with zero attached hydrogens (tertiary/aromatic N) is 10. The molecule has 30 heteroatoms. The third-order valence-corrected chi connectivity index (χ3v) is 34.3. The summed E-state index contributed by atoms with van der Waals surface area (Å²) in [6.45, 7) is 37.1. The zero-order valence-electron chi connectivity index (χ0n) is 86.7. The average molecular weight is 2070 g/mol. The summed E-state index contributed by atoms with van der Waals surface area (Å²) < 4.78 is 65.8. The summed E-state index contributed by atoms with van der Waals surface area (Å²) in [4.78, 5) is 36.0. The number of nitrogens with one attached hydrogen (secondary N) is 6. The Morgan fingerprint density at radius 2 is 0.833 bits per heavy atom. The van der Waals surface area contributed by atoms with Gasteiger partial charge in [-0.25, -0.2) is 15.0 Å². The molecule has 0 radical (unpaired) electrons. The van der Waals surface area contributed by atoms with E-state index in [1.807, 2.05) is 115 Å². The number of aryl methyl sites for hydroxylation is 2. The Bertz CT molecular complexity index is 6440. The molecule has 3 saturated heterocycles. The van der Waals surface area contributed by atoms with E-state index in [0.29, 0.717) is 97.9 Å². The minimum absolute atomic E-state index is 0.244. The maximum absolute atomic E-state index is 12.7. The third kappa shape index (κ3) is 30.0. The first-order chi connectivity index (χ1) is 69.2. The van der Waals surface area contributed by atoms with Gasteiger partial charge in [0.15, 0.2) is 17.5 Å². The Morgan fingerprint density at radius 3 is 1.28 bits per heavy atom. The summed E-state index contributed by atoms with van der Waals surface area (Å²) >= 11 is 19.1. The fourth-order valence-electron chi connectivity index (χ4n) is 19.8. The van der Waals surface area contributed by atoms with Crippen molar-refractivity contribution in [2.45, 2.75) is 149 Å². The maximum Gasteiger partial charge on any atom is 0.229 e. The Labute approximate surface area is 869 Å². The highest BCUT2D eigenvalue weighted by Crippen LogP contribution is 2.48. The van der Waals surface area contributed by atoms with Crippen LogP contribution in [-0.4, -0.2) is 192 Å². The highest BCUT2D eigenvalue weighted by atomic mass is 35.5. The lowest BCUT2D eigenvalue weighted by Crippen LogP contribution is -2.43. The Morgan fingerprint density at radius 1 is 0.417 bits per heavy atom. The van der Waals surface area contributed by atoms with Gasteiger partial charge in [0, 0.05) is 93.1 Å². The first kappa shape index (κ1) is 109. The summed E-state index contributed by atoms with van der Waals surface area (Å²) in [5, 5.41) is 22.6. The van der Waals surface area contributed by atoms with Crippen LogP contribution in [0.2, 0.25) is 15.1 Å². The molecule has 24 nitrogen and oxygen atoms in total. The van der Waals surface area contributed by atoms with Crippen molar-refractivity contribution >= 4 is 147 Å². The predicted molar refractivity (Wildman–Crippen MR) is 601 cm³/mol. The molecule has 0 bridgehead atoms. The van der Waals surface area contributed by atoms with Crippen LogP contribution in [0.1, 0.15) is 160 Å². The van der Waals surface area contributed by atoms with Crippen molar-refractivity contribution in [3.8, 4) is 17.2 Å². The Balaban J connectivity index is 0.000000153. The molecule has 6 N–H and O–H groups in total. The van der Waals surface area contributed by atoms with Crippen LogP contribution < -0.4 is 66.9 Å². The molecule has 9 aromatic carbocycles. The molecule has 6 heterocycles. The van der Waals surface area contributed by atoms with E-state index < -0.39 is 21.4 Å². The number of benzene rings is 9. The first-order valence-electron chi connectivity index (χ1n) is 50.7. The zero-order valence-corrected chi connectivity index (χ0v) is 91.7. The number of methoxy groups -OCH3 is 3. The van der Waals surface area contributed by atoms with Gasteiger partial charge < -0.3 is 79.1 Å². The van der Waals surface area contributed by atoms with E-state index >= 15 is 0 Å². The fourth-order valence-corrected chi connectivity index (χ4v) is 23.7. The van der Waals surface area contributed by atoms with Crippen LogP contribution in [0.3, 0.4) is 0 Å². The van der Waals surface area contributed by atoms with Gasteiger partial charge in [-0.15, -0.1) is 0 Å². The van der Waals surface area contributed by atoms with Crippen LogP contribution in [0.5, 0.6) is 17.2 Å². The summed E-state index contributed by atoms with van der Waals surface area (Å²) in [7, 11) is -0.405. The van der Waals surface area contributed by atoms with Gasteiger partial charge in [-0.2, -0.15) is 15.0 Å². The van der Waals surface area contributed by atoms with Crippen molar-refractivity contribution in [2.24, 2.45) is 17.8 Å². The lowest BCUT2D eigenvalue weighted by atomic mass is 9.68. The van der Waals surface area contributed by atoms with Gasteiger partial charge >= 0.3 is 0 Å². The number of anilines is 13. The lowest BCUT2D eigenvalue weighted by Gasteiger charge is -2.37. The number of para-hydroxylation sites is 3. The summed E-state index contributed by atoms with van der Waals surface area (Å²) in [5.74, 6) is 8.19. The van der Waals surface area contributed by atoms with Crippen molar-refractivity contribution < 1.29 is 37.4 Å². The molecule has 5 fully saturated rings. The number of hydrogen-bond acceptors (Lipinski definition) is 24. The van der Waals surface area contributed by atoms with Gasteiger partial charge in [0.2, 0.25) is 17.8 Å². The molecule has 2 aliphatic carbocycles. The van der Waals surface area contributed by atoms with E-state index in [9.17, 15) is 13.7 Å². The largest absolute Gasteiger partial charge is 0.495 e. The van der Waals surface area contributed by atoms with Crippen LogP contribution in [-0.2, 0) is 60.9 Å². The molecule has 2 saturated carbocycles. The minimum atomic E-state index is -2.50. The molecule has 0 unspecified atom stereocenters. The van der Waals surface area contributed by atoms with Crippen LogP contribution in [0.25, 0.3) is 0 Å². The molecular formula is C114H146Cl3N16O8P3. The van der Waals surface area contributed by atoms with E-state index in [4.69, 9.17) is 58.5 Å². The number of morpholine rings is 2. The molecular weight excluding hydrogens is 1920 g/mol. The van der Waals surface area contributed by atoms with Crippen molar-refractivity contribution in [1.82, 2.24) is 44.6 Å². The number of aromatic nitrogens is 6. The third-order valence-electron chi connectivity index (χ3n) is 28.8. The molecule has 17 rings (SSSR count). The molecule has 144 heavy (non-hydrogen) atoms. The Hall–Kier alpha value is -10.4. The van der Waals surface area contributed by atoms with Gasteiger partial charge in [-0.3, -0.25) is 9.80 Å². The van der Waals surface area contributed by atoms with E-state index in [2.05, 4.69) is 203 Å². The van der Waals surface area contributed by atoms with E-state index in [-0.39, 0.29) is 5.41 Å². The number of hydrogen-bond donors (Lipinski definition) is 6. The number of piperazine rings is 1. The molecule has 5 aliphatic rings. The van der Waals surface area contributed by atoms with Crippen molar-refractivity contribution in [2.75, 3.05) is 184 Å². The van der Waals surface area contributed by atoms with Crippen molar-refractivity contribution in [3.63, 3.8) is 0 Å². The van der Waals surface area contributed by atoms with Crippen LogP contribution in [0.15, 0.2) is 207 Å². The second-order valence-corrected chi connectivity index (χ2v) is 50.9. The molecule has 12 aromatic rings. The van der Waals surface area contributed by atoms with E-state index in [0.717, 1.165) is 166 Å². The number of halogens is 3. The quantitative estimate of drug-likeness (QED) is 0.0209. The standard InChI is InChI=1S/C42H58.C25H32ClN6O2P.C24H29ClN5O3P.C23H27ClN5O3P/c1-7-33-28-38(36-22-20-35(21-23-36)34-18-14-30(4)15-19-34)25-24-37(33)26-32-17-16-31(5)40(27-32)29-39-12-10-11-13-41(39)42(6,8-2)9-3;1-31-11-13-32(14-12-31)17-18-9-10-20(22(15-18)34-2)29-25-27-16-19(26)24(30-25)28-21-7-5-6-8-23(21)35(3,4)33;1-32-21-14-17(16-30-10-12-33-13-11-30)8-9-19(21)28-24-26-15-18(25)23(29-24)27-20-6-4-5-7-22(20)34(2,3)31;1-31-20-14-16(29-10-12-32-13-11-29)8-9-18(20)27-23-25-15-17(24)22(28-23)26-19-6-4-5-7-21(19)33(2,3)30/h10-13,16-17,24-25,27-28,30,34-36H,7-9,14-15,18-23,26,29H2,1-6H3;5-10,15-16H,11-14,17H2,1-4H3,(H2,27,28,29,30);4-9,14-15H,10-13,16H2,1-3H3,(H2,26,27,28,29);4-9,14-15H,10-13H2,1-3H3,(H2,25,26,27,28). The number of likely N-dealkylation sites (N-methyl/N-ethyl adjacent to an activating group) is 1. The summed E-state index contributed by atoms with van der Waals surface area (Å²) in [6.07, 6.45) is 21.8. The molecule has 0 amide bonds. The number of ether oxygens (including phenoxy) is 5. The van der Waals surface area contributed by atoms with Gasteiger partial charge in [-0.1, -0.05) is 191 Å². The van der Waals surface area contributed by atoms with Crippen molar-refractivity contribution in [1.29, 1.82) is 0 Å². The average Bonchev–Trinajstić information content (AvgIpc) is 0.799. The second-order valence-electron chi connectivity index (χ2n) is 40.1. The highest BCUT2D eigenvalue weighted by molar-refractivity contribution is 7.71. The second kappa shape index (κ2) is 51.3. The summed E-state index contributed by atoms with van der Waals surface area (Å²) in [5.41, 5.74) is 20.1. The predicted octanol–water partition coefficient (Wildman–Crippen LogP) is 26.0. The maximum atomic E-state index is 12.7. The van der Waals surface area contributed by atoms with Crippen LogP contribution >= 0.6 is 56.2 Å². The normalized spacial score (nSPS) is 17.1. The molecule has 3 aliphatic heterocycles. The van der Waals surface area contributed by atoms with Crippen LogP contribution in [0, 0.1) is 24.7 Å². The minimum Gasteiger partial charge on any atom is -0.495 e. The monoisotopic (exact) mass is 2060 g/mol. The first-order valence-corrected chi connectivity index (χ1v) is 59.7. The summed E-state index contributed by atoms with van der Waals surface area (Å²) in [6, 6.07) is 64.4. The topological polar surface area (TPSA) is 260 Å². The van der Waals surface area contributed by atoms with Crippen molar-refractivity contribution in [3.05, 3.63) is 277 Å². The van der Waals surface area contributed by atoms with Gasteiger partial charge in [0.25, 0.3) is 0 Å². The zero-order chi connectivity index (χ0) is 102.